The average molecular weight is 393 g/mol. The Morgan fingerprint density at radius 3 is 2.67 bits per heavy atom. The number of hydrogen-bond acceptors (Lipinski definition) is 3. The molecule has 2 N–H and O–H groups in total. The highest BCUT2D eigenvalue weighted by atomic mass is 32.1. The van der Waals surface area contributed by atoms with Crippen molar-refractivity contribution in [2.24, 2.45) is 4.99 Å². The molecule has 0 bridgehead atoms. The summed E-state index contributed by atoms with van der Waals surface area (Å²) in [5.74, 6) is -0.831. The minimum Gasteiger partial charge on any atom is -0.363 e. The number of piperidine rings is 1. The molecule has 3 rings (SSSR count). The van der Waals surface area contributed by atoms with Crippen LogP contribution in [0.3, 0.4) is 0 Å². The highest BCUT2D eigenvalue weighted by molar-refractivity contribution is 7.14. The molecule has 1 aromatic heterocycles. The van der Waals surface area contributed by atoms with Crippen LogP contribution >= 0.6 is 11.3 Å². The van der Waals surface area contributed by atoms with Gasteiger partial charge in [-0.1, -0.05) is 13.0 Å². The highest BCUT2D eigenvalue weighted by Gasteiger charge is 2.21. The van der Waals surface area contributed by atoms with Gasteiger partial charge in [-0.15, -0.1) is 11.3 Å². The van der Waals surface area contributed by atoms with Gasteiger partial charge < -0.3 is 15.5 Å². The lowest BCUT2D eigenvalue weighted by Gasteiger charge is -2.33. The normalized spacial score (nSPS) is 17.0. The van der Waals surface area contributed by atoms with Crippen LogP contribution in [-0.2, 0) is 0 Å². The van der Waals surface area contributed by atoms with Crippen molar-refractivity contribution in [2.45, 2.75) is 31.7 Å². The lowest BCUT2D eigenvalue weighted by atomic mass is 10.0. The summed E-state index contributed by atoms with van der Waals surface area (Å²) in [6.07, 6.45) is 2.11. The fourth-order valence-electron chi connectivity index (χ4n) is 3.27. The second-order valence-electron chi connectivity index (χ2n) is 6.88. The second-order valence-corrected chi connectivity index (χ2v) is 7.81. The van der Waals surface area contributed by atoms with E-state index < -0.39 is 11.6 Å². The summed E-state index contributed by atoms with van der Waals surface area (Å²) in [6.45, 7) is 4.63. The lowest BCUT2D eigenvalue weighted by Crippen LogP contribution is -2.49. The SMILES string of the molecule is CN=C(NCC(C)c1ccc(F)c(F)c1)NC1CCN(c2cccs2)CC1. The summed E-state index contributed by atoms with van der Waals surface area (Å²) in [6, 6.07) is 8.70. The van der Waals surface area contributed by atoms with E-state index in [0.29, 0.717) is 12.6 Å². The summed E-state index contributed by atoms with van der Waals surface area (Å²) >= 11 is 1.78. The molecule has 1 aliphatic heterocycles. The van der Waals surface area contributed by atoms with Gasteiger partial charge >= 0.3 is 0 Å². The molecule has 1 aliphatic rings. The molecule has 0 radical (unpaired) electrons. The highest BCUT2D eigenvalue weighted by Crippen LogP contribution is 2.24. The third kappa shape index (κ3) is 5.19. The van der Waals surface area contributed by atoms with Crippen molar-refractivity contribution >= 4 is 22.3 Å². The summed E-state index contributed by atoms with van der Waals surface area (Å²) in [5.41, 5.74) is 0.765. The van der Waals surface area contributed by atoms with E-state index in [1.165, 1.54) is 17.1 Å². The number of rotatable bonds is 5. The molecule has 27 heavy (non-hydrogen) atoms. The molecule has 1 aromatic carbocycles. The minimum atomic E-state index is -0.815. The van der Waals surface area contributed by atoms with Gasteiger partial charge in [-0.05, 0) is 54.0 Å². The lowest BCUT2D eigenvalue weighted by molar-refractivity contribution is 0.462. The fraction of sp³-hybridized carbons (Fsp3) is 0.450. The van der Waals surface area contributed by atoms with Gasteiger partial charge in [-0.2, -0.15) is 0 Å². The predicted octanol–water partition coefficient (Wildman–Crippen LogP) is 3.96. The third-order valence-electron chi connectivity index (χ3n) is 4.97. The van der Waals surface area contributed by atoms with E-state index in [4.69, 9.17) is 0 Å². The van der Waals surface area contributed by atoms with Crippen LogP contribution in [0.2, 0.25) is 0 Å². The van der Waals surface area contributed by atoms with Gasteiger partial charge in [-0.3, -0.25) is 4.99 Å². The minimum absolute atomic E-state index is 0.0410. The Kier molecular flexibility index (Phi) is 6.66. The number of halogens is 2. The fourth-order valence-corrected chi connectivity index (χ4v) is 4.05. The van der Waals surface area contributed by atoms with Gasteiger partial charge in [0, 0.05) is 32.7 Å². The standard InChI is InChI=1S/C20H26F2N4S/c1-14(15-5-6-17(21)18(22)12-15)13-24-20(23-2)25-16-7-9-26(10-8-16)19-4-3-11-27-19/h3-6,11-12,14,16H,7-10,13H2,1-2H3,(H2,23,24,25). The number of hydrogen-bond donors (Lipinski definition) is 2. The zero-order chi connectivity index (χ0) is 19.2. The Balaban J connectivity index is 1.46. The Morgan fingerprint density at radius 1 is 1.26 bits per heavy atom. The molecule has 1 saturated heterocycles. The van der Waals surface area contributed by atoms with E-state index in [9.17, 15) is 8.78 Å². The number of guanidine groups is 1. The zero-order valence-corrected chi connectivity index (χ0v) is 16.5. The van der Waals surface area contributed by atoms with E-state index in [-0.39, 0.29) is 5.92 Å². The summed E-state index contributed by atoms with van der Waals surface area (Å²) in [4.78, 5) is 6.72. The van der Waals surface area contributed by atoms with Gasteiger partial charge in [0.05, 0.1) is 5.00 Å². The van der Waals surface area contributed by atoms with Crippen LogP contribution in [0, 0.1) is 11.6 Å². The molecule has 1 atom stereocenters. The van der Waals surface area contributed by atoms with E-state index in [2.05, 4.69) is 38.0 Å². The van der Waals surface area contributed by atoms with Crippen LogP contribution in [0.5, 0.6) is 0 Å². The maximum absolute atomic E-state index is 13.4. The molecule has 1 fully saturated rings. The van der Waals surface area contributed by atoms with Crippen LogP contribution in [0.15, 0.2) is 40.7 Å². The van der Waals surface area contributed by atoms with Crippen molar-refractivity contribution in [2.75, 3.05) is 31.6 Å². The smallest absolute Gasteiger partial charge is 0.191 e. The Bertz CT molecular complexity index is 755. The first-order valence-electron chi connectivity index (χ1n) is 9.27. The first kappa shape index (κ1) is 19.6. The van der Waals surface area contributed by atoms with Crippen LogP contribution in [0.1, 0.15) is 31.2 Å². The summed E-state index contributed by atoms with van der Waals surface area (Å²) in [7, 11) is 1.75. The van der Waals surface area contributed by atoms with E-state index >= 15 is 0 Å². The molecule has 7 heteroatoms. The maximum Gasteiger partial charge on any atom is 0.191 e. The Morgan fingerprint density at radius 2 is 2.04 bits per heavy atom. The molecule has 146 valence electrons. The number of thiophene rings is 1. The van der Waals surface area contributed by atoms with Crippen molar-refractivity contribution in [1.82, 2.24) is 10.6 Å². The molecule has 4 nitrogen and oxygen atoms in total. The molecule has 0 saturated carbocycles. The summed E-state index contributed by atoms with van der Waals surface area (Å²) < 4.78 is 26.5. The number of anilines is 1. The van der Waals surface area contributed by atoms with Crippen LogP contribution < -0.4 is 15.5 Å². The van der Waals surface area contributed by atoms with E-state index in [0.717, 1.165) is 37.5 Å². The largest absolute Gasteiger partial charge is 0.363 e. The van der Waals surface area contributed by atoms with Crippen molar-refractivity contribution < 1.29 is 8.78 Å². The molecular formula is C20H26F2N4S. The molecule has 2 aromatic rings. The van der Waals surface area contributed by atoms with Crippen molar-refractivity contribution in [3.05, 3.63) is 52.9 Å². The number of benzene rings is 1. The first-order valence-corrected chi connectivity index (χ1v) is 10.2. The average Bonchev–Trinajstić information content (AvgIpc) is 3.22. The number of aliphatic imine (C=N–C) groups is 1. The van der Waals surface area contributed by atoms with E-state index in [1.54, 1.807) is 24.5 Å². The monoisotopic (exact) mass is 392 g/mol. The van der Waals surface area contributed by atoms with Gasteiger partial charge in [0.2, 0.25) is 0 Å². The molecule has 0 amide bonds. The van der Waals surface area contributed by atoms with Gasteiger partial charge in [0.15, 0.2) is 17.6 Å². The van der Waals surface area contributed by atoms with Crippen LogP contribution in [0.25, 0.3) is 0 Å². The molecular weight excluding hydrogens is 366 g/mol. The quantitative estimate of drug-likeness (QED) is 0.598. The molecule has 2 heterocycles. The maximum atomic E-state index is 13.4. The Hall–Kier alpha value is -2.15. The third-order valence-corrected chi connectivity index (χ3v) is 5.89. The Labute approximate surface area is 163 Å². The van der Waals surface area contributed by atoms with Crippen molar-refractivity contribution in [1.29, 1.82) is 0 Å². The molecule has 0 aliphatic carbocycles. The molecule has 0 spiro atoms. The zero-order valence-electron chi connectivity index (χ0n) is 15.7. The van der Waals surface area contributed by atoms with Crippen LogP contribution in [-0.4, -0.2) is 38.7 Å². The van der Waals surface area contributed by atoms with E-state index in [1.807, 2.05) is 6.92 Å². The van der Waals surface area contributed by atoms with Crippen LogP contribution in [0.4, 0.5) is 13.8 Å². The van der Waals surface area contributed by atoms with Crippen molar-refractivity contribution in [3.63, 3.8) is 0 Å². The van der Waals surface area contributed by atoms with Crippen molar-refractivity contribution in [3.8, 4) is 0 Å². The first-order chi connectivity index (χ1) is 13.1. The topological polar surface area (TPSA) is 39.7 Å². The van der Waals surface area contributed by atoms with Gasteiger partial charge in [0.25, 0.3) is 0 Å². The van der Waals surface area contributed by atoms with Gasteiger partial charge in [-0.25, -0.2) is 8.78 Å². The summed E-state index contributed by atoms with van der Waals surface area (Å²) in [5, 5.41) is 10.2. The molecule has 1 unspecified atom stereocenters. The van der Waals surface area contributed by atoms with Gasteiger partial charge in [0.1, 0.15) is 0 Å². The second kappa shape index (κ2) is 9.17. The number of nitrogens with zero attached hydrogens (tertiary/aromatic N) is 2. The predicted molar refractivity (Wildman–Crippen MR) is 109 cm³/mol. The number of nitrogens with one attached hydrogen (secondary N) is 2.